The third-order valence-electron chi connectivity index (χ3n) is 5.62. The van der Waals surface area contributed by atoms with E-state index in [4.69, 9.17) is 4.74 Å². The first-order valence-electron chi connectivity index (χ1n) is 8.94. The van der Waals surface area contributed by atoms with Crippen LogP contribution in [0.25, 0.3) is 0 Å². The summed E-state index contributed by atoms with van der Waals surface area (Å²) in [7, 11) is -1.21. The summed E-state index contributed by atoms with van der Waals surface area (Å²) >= 11 is 0. The van der Waals surface area contributed by atoms with Gasteiger partial charge in [-0.2, -0.15) is 0 Å². The zero-order chi connectivity index (χ0) is 15.5. The lowest BCUT2D eigenvalue weighted by molar-refractivity contribution is 0.250. The van der Waals surface area contributed by atoms with Crippen LogP contribution in [0.1, 0.15) is 45.4 Å². The Balaban J connectivity index is 2.44. The van der Waals surface area contributed by atoms with Crippen molar-refractivity contribution in [2.75, 3.05) is 6.61 Å². The molecule has 0 aromatic carbocycles. The van der Waals surface area contributed by atoms with Crippen LogP contribution < -0.4 is 0 Å². The Bertz CT molecular complexity index is 375. The first-order valence-corrected chi connectivity index (χ1v) is 12.5. The van der Waals surface area contributed by atoms with Crippen molar-refractivity contribution >= 4 is 14.8 Å². The minimum atomic E-state index is -1.21. The van der Waals surface area contributed by atoms with Gasteiger partial charge in [0.05, 0.1) is 12.3 Å². The average Bonchev–Trinajstić information content (AvgIpc) is 2.65. The lowest BCUT2D eigenvalue weighted by atomic mass is 9.35. The normalized spacial score (nSPS) is 30.8. The highest BCUT2D eigenvalue weighted by Crippen LogP contribution is 2.52. The van der Waals surface area contributed by atoms with E-state index < -0.39 is 8.07 Å². The third kappa shape index (κ3) is 3.85. The fourth-order valence-electron chi connectivity index (χ4n) is 5.07. The van der Waals surface area contributed by atoms with E-state index in [2.05, 4.69) is 39.2 Å². The molecule has 2 fully saturated rings. The summed E-state index contributed by atoms with van der Waals surface area (Å²) < 4.78 is 6.12. The van der Waals surface area contributed by atoms with Gasteiger partial charge >= 0.3 is 0 Å². The molecule has 0 aliphatic carbocycles. The van der Waals surface area contributed by atoms with Crippen molar-refractivity contribution in [2.24, 2.45) is 5.92 Å². The zero-order valence-corrected chi connectivity index (χ0v) is 15.5. The van der Waals surface area contributed by atoms with Crippen molar-refractivity contribution < 1.29 is 4.74 Å². The highest BCUT2D eigenvalue weighted by Gasteiger charge is 2.49. The van der Waals surface area contributed by atoms with E-state index >= 15 is 0 Å². The molecule has 1 nitrogen and oxygen atoms in total. The monoisotopic (exact) mass is 304 g/mol. The molecule has 2 heterocycles. The molecule has 0 unspecified atom stereocenters. The molecule has 0 amide bonds. The van der Waals surface area contributed by atoms with Crippen LogP contribution in [0.4, 0.5) is 0 Å². The Morgan fingerprint density at radius 3 is 2.29 bits per heavy atom. The van der Waals surface area contributed by atoms with Gasteiger partial charge in [-0.05, 0) is 18.9 Å². The van der Waals surface area contributed by atoms with Crippen LogP contribution in [0.5, 0.6) is 0 Å². The molecular weight excluding hydrogens is 271 g/mol. The highest BCUT2D eigenvalue weighted by atomic mass is 28.3. The average molecular weight is 304 g/mol. The highest BCUT2D eigenvalue weighted by molar-refractivity contribution is 6.92. The summed E-state index contributed by atoms with van der Waals surface area (Å²) in [5.74, 6) is 1.77. The van der Waals surface area contributed by atoms with Gasteiger partial charge in [-0.1, -0.05) is 82.1 Å². The lowest BCUT2D eigenvalue weighted by Gasteiger charge is -2.39. The Labute approximate surface area is 133 Å². The van der Waals surface area contributed by atoms with Crippen molar-refractivity contribution in [2.45, 2.75) is 76.3 Å². The molecule has 0 radical (unpaired) electrons. The van der Waals surface area contributed by atoms with Gasteiger partial charge in [-0.3, -0.25) is 0 Å². The van der Waals surface area contributed by atoms with Crippen molar-refractivity contribution in [1.82, 2.24) is 0 Å². The molecule has 2 saturated heterocycles. The van der Waals surface area contributed by atoms with Crippen LogP contribution in [-0.4, -0.2) is 21.4 Å². The maximum Gasteiger partial charge on any atom is 0.225 e. The number of hydrogen-bond acceptors (Lipinski definition) is 1. The molecule has 2 aliphatic rings. The number of ether oxygens (including phenoxy) is 1. The summed E-state index contributed by atoms with van der Waals surface area (Å²) in [6, 6.07) is 0. The SMILES string of the molecule is C=C/C=C(\OCC)B1C2CCCC(CCC2)[C@@H]1[Si](C)(C)C. The molecule has 21 heavy (non-hydrogen) atoms. The van der Waals surface area contributed by atoms with E-state index in [0.29, 0.717) is 6.71 Å². The summed E-state index contributed by atoms with van der Waals surface area (Å²) in [5.41, 5.74) is 2.13. The largest absolute Gasteiger partial charge is 0.508 e. The molecule has 3 heteroatoms. The van der Waals surface area contributed by atoms with Crippen LogP contribution in [0.15, 0.2) is 24.4 Å². The molecule has 0 N–H and O–H groups in total. The van der Waals surface area contributed by atoms with E-state index in [0.717, 1.165) is 23.8 Å². The van der Waals surface area contributed by atoms with E-state index in [1.165, 1.54) is 44.2 Å². The van der Waals surface area contributed by atoms with Crippen LogP contribution in [0.2, 0.25) is 30.9 Å². The summed E-state index contributed by atoms with van der Waals surface area (Å²) in [6.45, 7) is 15.2. The molecule has 2 bridgehead atoms. The number of hydrogen-bond donors (Lipinski definition) is 0. The topological polar surface area (TPSA) is 9.23 Å². The first kappa shape index (κ1) is 16.9. The van der Waals surface area contributed by atoms with Crippen LogP contribution in [0.3, 0.4) is 0 Å². The van der Waals surface area contributed by atoms with Gasteiger partial charge in [0.25, 0.3) is 0 Å². The molecule has 0 saturated carbocycles. The molecule has 1 atom stereocenters. The van der Waals surface area contributed by atoms with Gasteiger partial charge in [0, 0.05) is 8.07 Å². The predicted molar refractivity (Wildman–Crippen MR) is 97.7 cm³/mol. The van der Waals surface area contributed by atoms with Crippen LogP contribution in [-0.2, 0) is 4.74 Å². The predicted octanol–water partition coefficient (Wildman–Crippen LogP) is 5.73. The quantitative estimate of drug-likeness (QED) is 0.358. The summed E-state index contributed by atoms with van der Waals surface area (Å²) in [6.07, 6.45) is 12.7. The second-order valence-electron chi connectivity index (χ2n) is 8.04. The van der Waals surface area contributed by atoms with Gasteiger partial charge in [0.1, 0.15) is 0 Å². The molecule has 2 rings (SSSR count). The maximum atomic E-state index is 6.12. The van der Waals surface area contributed by atoms with Crippen LogP contribution >= 0.6 is 0 Å². The Morgan fingerprint density at radius 1 is 1.19 bits per heavy atom. The second-order valence-corrected chi connectivity index (χ2v) is 13.4. The molecule has 118 valence electrons. The third-order valence-corrected chi connectivity index (χ3v) is 8.45. The Kier molecular flexibility index (Phi) is 5.82. The first-order chi connectivity index (χ1) is 9.99. The smallest absolute Gasteiger partial charge is 0.225 e. The summed E-state index contributed by atoms with van der Waals surface area (Å²) in [5, 5.41) is 0. The number of fused-ring (bicyclic) bond motifs is 3. The van der Waals surface area contributed by atoms with Gasteiger partial charge in [-0.25, -0.2) is 0 Å². The van der Waals surface area contributed by atoms with Gasteiger partial charge < -0.3 is 4.74 Å². The minimum absolute atomic E-state index is 0.657. The van der Waals surface area contributed by atoms with Crippen molar-refractivity contribution in [1.29, 1.82) is 0 Å². The van der Waals surface area contributed by atoms with E-state index in [1.807, 2.05) is 6.08 Å². The Hall–Kier alpha value is -0.438. The van der Waals surface area contributed by atoms with Gasteiger partial charge in [-0.15, -0.1) is 0 Å². The molecule has 0 aromatic heterocycles. The fourth-order valence-corrected chi connectivity index (χ4v) is 8.33. The van der Waals surface area contributed by atoms with Gasteiger partial charge in [0.2, 0.25) is 6.71 Å². The van der Waals surface area contributed by atoms with Crippen molar-refractivity contribution in [3.63, 3.8) is 0 Å². The zero-order valence-electron chi connectivity index (χ0n) is 14.5. The fraction of sp³-hybridized carbons (Fsp3) is 0.778. The lowest BCUT2D eigenvalue weighted by Crippen LogP contribution is -2.45. The van der Waals surface area contributed by atoms with E-state index in [9.17, 15) is 0 Å². The standard InChI is InChI=1S/C18H33BOSi/c1-6-10-17(20-7-2)19-16-13-8-11-15(12-9-14-16)18(19)21(3,4)5/h6,10,15-16,18H,1,7-9,11-14H2,2-5H3/b17-10-/t15?,16?,18-/m0/s1. The second kappa shape index (κ2) is 7.22. The number of rotatable bonds is 5. The van der Waals surface area contributed by atoms with Crippen LogP contribution in [0, 0.1) is 5.92 Å². The molecular formula is C18H33BOSi. The van der Waals surface area contributed by atoms with E-state index in [-0.39, 0.29) is 0 Å². The molecule has 0 spiro atoms. The minimum Gasteiger partial charge on any atom is -0.508 e. The van der Waals surface area contributed by atoms with Gasteiger partial charge in [0.15, 0.2) is 0 Å². The number of allylic oxidation sites excluding steroid dienone is 2. The maximum absolute atomic E-state index is 6.12. The molecule has 0 aromatic rings. The summed E-state index contributed by atoms with van der Waals surface area (Å²) in [4.78, 5) is 0. The van der Waals surface area contributed by atoms with E-state index in [1.54, 1.807) is 0 Å². The van der Waals surface area contributed by atoms with Crippen molar-refractivity contribution in [3.05, 3.63) is 24.4 Å². The molecule has 2 aliphatic heterocycles. The Morgan fingerprint density at radius 2 is 1.81 bits per heavy atom. The van der Waals surface area contributed by atoms with Crippen molar-refractivity contribution in [3.8, 4) is 0 Å².